The summed E-state index contributed by atoms with van der Waals surface area (Å²) in [4.78, 5) is 18.9. The minimum atomic E-state index is 0.222. The third-order valence-corrected chi connectivity index (χ3v) is 6.42. The highest BCUT2D eigenvalue weighted by Crippen LogP contribution is 2.18. The van der Waals surface area contributed by atoms with Crippen LogP contribution in [0.5, 0.6) is 0 Å². The molecule has 0 radical (unpaired) electrons. The fourth-order valence-corrected chi connectivity index (χ4v) is 4.57. The van der Waals surface area contributed by atoms with Crippen molar-refractivity contribution in [3.8, 4) is 0 Å². The topological polar surface area (TPSA) is 23.6 Å². The van der Waals surface area contributed by atoms with Crippen LogP contribution in [0.1, 0.15) is 59.8 Å². The molecule has 0 N–H and O–H groups in total. The van der Waals surface area contributed by atoms with Crippen LogP contribution in [0, 0.1) is 0 Å². The molecule has 1 amide bonds. The summed E-state index contributed by atoms with van der Waals surface area (Å²) in [6.07, 6.45) is 6.90. The fraction of sp³-hybridized carbons (Fsp3) is 0.522. The number of carbonyl (C=O) groups is 1. The summed E-state index contributed by atoms with van der Waals surface area (Å²) in [7, 11) is 0. The van der Waals surface area contributed by atoms with Crippen molar-refractivity contribution in [2.75, 3.05) is 26.2 Å². The zero-order chi connectivity index (χ0) is 18.9. The zero-order valence-electron chi connectivity index (χ0n) is 16.5. The summed E-state index contributed by atoms with van der Waals surface area (Å²) in [5.74, 6) is 0.222. The Morgan fingerprint density at radius 1 is 0.963 bits per heavy atom. The maximum absolute atomic E-state index is 13.0. The van der Waals surface area contributed by atoms with E-state index < -0.39 is 0 Å². The van der Waals surface area contributed by atoms with Gasteiger partial charge in [0.1, 0.15) is 0 Å². The predicted octanol–water partition coefficient (Wildman–Crippen LogP) is 5.22. The van der Waals surface area contributed by atoms with Crippen LogP contribution in [0.3, 0.4) is 0 Å². The van der Waals surface area contributed by atoms with Gasteiger partial charge in [-0.25, -0.2) is 0 Å². The van der Waals surface area contributed by atoms with E-state index in [1.165, 1.54) is 29.7 Å². The van der Waals surface area contributed by atoms with Crippen LogP contribution in [0.25, 0.3) is 0 Å². The van der Waals surface area contributed by atoms with Crippen LogP contribution < -0.4 is 0 Å². The summed E-state index contributed by atoms with van der Waals surface area (Å²) in [5.41, 5.74) is 2.26. The van der Waals surface area contributed by atoms with E-state index in [1.54, 1.807) is 11.3 Å². The van der Waals surface area contributed by atoms with Gasteiger partial charge in [-0.3, -0.25) is 9.69 Å². The molecule has 3 nitrogen and oxygen atoms in total. The predicted molar refractivity (Wildman–Crippen MR) is 114 cm³/mol. The minimum absolute atomic E-state index is 0.222. The number of rotatable bonds is 4. The zero-order valence-corrected chi connectivity index (χ0v) is 17.3. The van der Waals surface area contributed by atoms with Crippen molar-refractivity contribution in [1.29, 1.82) is 0 Å². The van der Waals surface area contributed by atoms with Gasteiger partial charge in [-0.2, -0.15) is 0 Å². The van der Waals surface area contributed by atoms with E-state index in [0.717, 1.165) is 57.5 Å². The summed E-state index contributed by atoms with van der Waals surface area (Å²) in [5, 5.41) is 2.04. The van der Waals surface area contributed by atoms with E-state index in [1.807, 2.05) is 5.38 Å². The van der Waals surface area contributed by atoms with Gasteiger partial charge in [0.15, 0.2) is 0 Å². The summed E-state index contributed by atoms with van der Waals surface area (Å²) < 4.78 is 0. The number of benzene rings is 1. The van der Waals surface area contributed by atoms with Crippen LogP contribution in [0.4, 0.5) is 0 Å². The second-order valence-electron chi connectivity index (χ2n) is 7.48. The first-order chi connectivity index (χ1) is 13.3. The highest BCUT2D eigenvalue weighted by Gasteiger charge is 2.18. The lowest BCUT2D eigenvalue weighted by atomic mass is 10.1. The van der Waals surface area contributed by atoms with Gasteiger partial charge in [0.25, 0.3) is 5.91 Å². The third kappa shape index (κ3) is 6.18. The number of nitrogens with zero attached hydrogens (tertiary/aromatic N) is 2. The number of carbonyl (C=O) groups excluding carboxylic acids is 1. The van der Waals surface area contributed by atoms with Gasteiger partial charge < -0.3 is 4.90 Å². The van der Waals surface area contributed by atoms with Crippen LogP contribution in [0.15, 0.2) is 41.8 Å². The van der Waals surface area contributed by atoms with E-state index in [-0.39, 0.29) is 5.91 Å². The second kappa shape index (κ2) is 10.6. The molecule has 1 aliphatic heterocycles. The lowest BCUT2D eigenvalue weighted by Crippen LogP contribution is -2.34. The van der Waals surface area contributed by atoms with Gasteiger partial charge in [0.05, 0.1) is 5.56 Å². The van der Waals surface area contributed by atoms with E-state index in [9.17, 15) is 4.79 Å². The molecule has 0 aliphatic carbocycles. The average Bonchev–Trinajstić information content (AvgIpc) is 3.16. The van der Waals surface area contributed by atoms with Crippen LogP contribution in [-0.4, -0.2) is 41.9 Å². The van der Waals surface area contributed by atoms with E-state index in [0.29, 0.717) is 0 Å². The third-order valence-electron chi connectivity index (χ3n) is 5.34. The molecule has 1 aliphatic rings. The molecule has 0 spiro atoms. The molecule has 0 saturated carbocycles. The molecule has 1 saturated heterocycles. The van der Waals surface area contributed by atoms with E-state index >= 15 is 0 Å². The number of amides is 1. The van der Waals surface area contributed by atoms with Crippen molar-refractivity contribution in [1.82, 2.24) is 9.80 Å². The molecule has 1 fully saturated rings. The monoisotopic (exact) mass is 384 g/mol. The first kappa shape index (κ1) is 20.1. The molecule has 0 unspecified atom stereocenters. The summed E-state index contributed by atoms with van der Waals surface area (Å²) in [6.45, 7) is 7.14. The van der Waals surface area contributed by atoms with Gasteiger partial charge in [0, 0.05) is 36.4 Å². The smallest absolute Gasteiger partial charge is 0.254 e. The number of hydrogen-bond donors (Lipinski definition) is 0. The summed E-state index contributed by atoms with van der Waals surface area (Å²) in [6, 6.07) is 12.8. The molecule has 0 atom stereocenters. The molecule has 3 rings (SSSR count). The molecule has 1 aromatic carbocycles. The molecular formula is C23H32N2OS. The Morgan fingerprint density at radius 3 is 2.41 bits per heavy atom. The average molecular weight is 385 g/mol. The molecule has 27 heavy (non-hydrogen) atoms. The molecule has 146 valence electrons. The Kier molecular flexibility index (Phi) is 7.91. The first-order valence-electron chi connectivity index (χ1n) is 10.4. The van der Waals surface area contributed by atoms with Crippen molar-refractivity contribution in [2.24, 2.45) is 0 Å². The van der Waals surface area contributed by atoms with Crippen molar-refractivity contribution in [2.45, 2.75) is 52.0 Å². The van der Waals surface area contributed by atoms with Crippen LogP contribution >= 0.6 is 11.3 Å². The van der Waals surface area contributed by atoms with Gasteiger partial charge in [-0.15, -0.1) is 11.3 Å². The Hall–Kier alpha value is -1.65. The molecule has 4 heteroatoms. The van der Waals surface area contributed by atoms with Gasteiger partial charge in [-0.05, 0) is 43.9 Å². The standard InChI is InChI=1S/C23H32N2OS/c1-2-22-17-21(19-27-22)23(26)25-15-9-4-3-8-13-24(14-10-16-25)18-20-11-6-5-7-12-20/h5-7,11-12,17,19H,2-4,8-10,13-16,18H2,1H3. The maximum atomic E-state index is 13.0. The van der Waals surface area contributed by atoms with E-state index in [4.69, 9.17) is 0 Å². The molecular weight excluding hydrogens is 352 g/mol. The van der Waals surface area contributed by atoms with Gasteiger partial charge in [-0.1, -0.05) is 50.1 Å². The first-order valence-corrected chi connectivity index (χ1v) is 11.3. The van der Waals surface area contributed by atoms with Gasteiger partial charge in [0.2, 0.25) is 0 Å². The number of aryl methyl sites for hydroxylation is 1. The molecule has 2 heterocycles. The Labute approximate surface area is 168 Å². The lowest BCUT2D eigenvalue weighted by Gasteiger charge is -2.25. The van der Waals surface area contributed by atoms with Crippen molar-refractivity contribution in [3.63, 3.8) is 0 Å². The van der Waals surface area contributed by atoms with Crippen molar-refractivity contribution < 1.29 is 4.79 Å². The van der Waals surface area contributed by atoms with Crippen molar-refractivity contribution in [3.05, 3.63) is 57.8 Å². The summed E-state index contributed by atoms with van der Waals surface area (Å²) >= 11 is 1.71. The lowest BCUT2D eigenvalue weighted by molar-refractivity contribution is 0.0746. The SMILES string of the molecule is CCc1cc(C(=O)N2CCCCCCN(Cc3ccccc3)CCC2)cs1. The molecule has 2 aromatic rings. The number of hydrogen-bond acceptors (Lipinski definition) is 3. The Balaban J connectivity index is 1.60. The fourth-order valence-electron chi connectivity index (χ4n) is 3.76. The second-order valence-corrected chi connectivity index (χ2v) is 8.47. The highest BCUT2D eigenvalue weighted by atomic mass is 32.1. The van der Waals surface area contributed by atoms with E-state index in [2.05, 4.69) is 53.1 Å². The van der Waals surface area contributed by atoms with Crippen LogP contribution in [0.2, 0.25) is 0 Å². The highest BCUT2D eigenvalue weighted by molar-refractivity contribution is 7.10. The molecule has 1 aromatic heterocycles. The quantitative estimate of drug-likeness (QED) is 0.721. The maximum Gasteiger partial charge on any atom is 0.254 e. The minimum Gasteiger partial charge on any atom is -0.339 e. The van der Waals surface area contributed by atoms with Crippen LogP contribution in [-0.2, 0) is 13.0 Å². The number of thiophene rings is 1. The normalized spacial score (nSPS) is 17.4. The van der Waals surface area contributed by atoms with Crippen molar-refractivity contribution >= 4 is 17.2 Å². The van der Waals surface area contributed by atoms with Gasteiger partial charge >= 0.3 is 0 Å². The Morgan fingerprint density at radius 2 is 1.67 bits per heavy atom. The largest absolute Gasteiger partial charge is 0.339 e. The molecule has 0 bridgehead atoms. The Bertz CT molecular complexity index is 697.